The van der Waals surface area contributed by atoms with Crippen molar-refractivity contribution in [2.24, 2.45) is 5.92 Å². The van der Waals surface area contributed by atoms with Crippen molar-refractivity contribution in [1.29, 1.82) is 0 Å². The van der Waals surface area contributed by atoms with Gasteiger partial charge < -0.3 is 10.2 Å². The Kier molecular flexibility index (Phi) is 4.69. The van der Waals surface area contributed by atoms with Crippen molar-refractivity contribution in [3.05, 3.63) is 35.4 Å². The molecule has 0 saturated heterocycles. The lowest BCUT2D eigenvalue weighted by Crippen LogP contribution is -2.36. The van der Waals surface area contributed by atoms with Gasteiger partial charge in [0.05, 0.1) is 0 Å². The zero-order valence-electron chi connectivity index (χ0n) is 14.0. The molecule has 1 aromatic rings. The summed E-state index contributed by atoms with van der Waals surface area (Å²) in [6.07, 6.45) is 5.30. The minimum absolute atomic E-state index is 0.00813. The van der Waals surface area contributed by atoms with Gasteiger partial charge in [0.1, 0.15) is 0 Å². The Bertz CT molecular complexity index is 574. The van der Waals surface area contributed by atoms with Crippen LogP contribution in [-0.2, 0) is 11.3 Å². The highest BCUT2D eigenvalue weighted by Crippen LogP contribution is 2.30. The number of nitrogens with one attached hydrogen (secondary N) is 1. The van der Waals surface area contributed by atoms with E-state index in [4.69, 9.17) is 0 Å². The quantitative estimate of drug-likeness (QED) is 0.840. The third-order valence-electron chi connectivity index (χ3n) is 4.79. The third kappa shape index (κ3) is 4.12. The molecule has 0 radical (unpaired) electrons. The second kappa shape index (κ2) is 6.73. The lowest BCUT2D eigenvalue weighted by molar-refractivity contribution is -0.136. The molecule has 2 fully saturated rings. The van der Waals surface area contributed by atoms with Gasteiger partial charge in [-0.3, -0.25) is 9.59 Å². The second-order valence-electron chi connectivity index (χ2n) is 6.95. The molecule has 124 valence electrons. The molecule has 2 aliphatic rings. The molecule has 2 aliphatic carbocycles. The summed E-state index contributed by atoms with van der Waals surface area (Å²) in [4.78, 5) is 26.6. The van der Waals surface area contributed by atoms with Crippen molar-refractivity contribution in [3.63, 3.8) is 0 Å². The molecular formula is C19H26N2O2. The van der Waals surface area contributed by atoms with E-state index in [0.29, 0.717) is 24.2 Å². The van der Waals surface area contributed by atoms with Crippen LogP contribution in [0.25, 0.3) is 0 Å². The van der Waals surface area contributed by atoms with E-state index in [1.54, 1.807) is 0 Å². The fourth-order valence-corrected chi connectivity index (χ4v) is 2.69. The molecule has 0 bridgehead atoms. The van der Waals surface area contributed by atoms with Crippen LogP contribution in [0.4, 0.5) is 0 Å². The summed E-state index contributed by atoms with van der Waals surface area (Å²) in [5.41, 5.74) is 1.79. The Morgan fingerprint density at radius 2 is 1.83 bits per heavy atom. The van der Waals surface area contributed by atoms with Crippen LogP contribution in [0.2, 0.25) is 0 Å². The molecule has 0 heterocycles. The van der Waals surface area contributed by atoms with E-state index in [1.807, 2.05) is 36.1 Å². The molecule has 0 spiro atoms. The van der Waals surface area contributed by atoms with Gasteiger partial charge in [0.15, 0.2) is 0 Å². The SMILES string of the molecule is CCC(C)C(=O)N(Cc1ccc(C(=O)NC2CC2)cc1)C1CC1. The van der Waals surface area contributed by atoms with Crippen molar-refractivity contribution < 1.29 is 9.59 Å². The fraction of sp³-hybridized carbons (Fsp3) is 0.579. The number of hydrogen-bond acceptors (Lipinski definition) is 2. The minimum atomic E-state index is 0.00813. The summed E-state index contributed by atoms with van der Waals surface area (Å²) in [5, 5.41) is 3.00. The average molecular weight is 314 g/mol. The number of carbonyl (C=O) groups is 2. The highest BCUT2D eigenvalue weighted by molar-refractivity contribution is 5.94. The van der Waals surface area contributed by atoms with E-state index < -0.39 is 0 Å². The van der Waals surface area contributed by atoms with E-state index in [9.17, 15) is 9.59 Å². The first kappa shape index (κ1) is 16.0. The van der Waals surface area contributed by atoms with Crippen LogP contribution in [0.5, 0.6) is 0 Å². The van der Waals surface area contributed by atoms with Crippen LogP contribution in [-0.4, -0.2) is 28.8 Å². The predicted octanol–water partition coefficient (Wildman–Crippen LogP) is 3.12. The molecule has 23 heavy (non-hydrogen) atoms. The number of rotatable bonds is 7. The van der Waals surface area contributed by atoms with E-state index in [2.05, 4.69) is 12.2 Å². The van der Waals surface area contributed by atoms with Gasteiger partial charge in [0, 0.05) is 30.1 Å². The summed E-state index contributed by atoms with van der Waals surface area (Å²) in [6.45, 7) is 4.71. The van der Waals surface area contributed by atoms with E-state index in [1.165, 1.54) is 0 Å². The Labute approximate surface area is 138 Å². The molecule has 2 amide bonds. The van der Waals surface area contributed by atoms with Gasteiger partial charge >= 0.3 is 0 Å². The van der Waals surface area contributed by atoms with Crippen molar-refractivity contribution in [1.82, 2.24) is 10.2 Å². The van der Waals surface area contributed by atoms with Gasteiger partial charge in [-0.05, 0) is 49.8 Å². The summed E-state index contributed by atoms with van der Waals surface area (Å²) >= 11 is 0. The maximum Gasteiger partial charge on any atom is 0.251 e. The summed E-state index contributed by atoms with van der Waals surface area (Å²) in [5.74, 6) is 0.346. The van der Waals surface area contributed by atoms with Crippen LogP contribution < -0.4 is 5.32 Å². The summed E-state index contributed by atoms with van der Waals surface area (Å²) < 4.78 is 0. The first-order valence-corrected chi connectivity index (χ1v) is 8.78. The molecular weight excluding hydrogens is 288 g/mol. The average Bonchev–Trinajstić information content (AvgIpc) is 3.45. The zero-order chi connectivity index (χ0) is 16.4. The van der Waals surface area contributed by atoms with Crippen LogP contribution in [0.1, 0.15) is 61.9 Å². The standard InChI is InChI=1S/C19H26N2O2/c1-3-13(2)19(23)21(17-10-11-17)12-14-4-6-15(7-5-14)18(22)20-16-8-9-16/h4-7,13,16-17H,3,8-12H2,1-2H3,(H,20,22). The maximum atomic E-state index is 12.5. The number of carbonyl (C=O) groups excluding carboxylic acids is 2. The van der Waals surface area contributed by atoms with Crippen LogP contribution in [0.3, 0.4) is 0 Å². The molecule has 1 atom stereocenters. The smallest absolute Gasteiger partial charge is 0.251 e. The van der Waals surface area contributed by atoms with Gasteiger partial charge in [-0.25, -0.2) is 0 Å². The largest absolute Gasteiger partial charge is 0.349 e. The fourth-order valence-electron chi connectivity index (χ4n) is 2.69. The topological polar surface area (TPSA) is 49.4 Å². The molecule has 4 heteroatoms. The number of nitrogens with zero attached hydrogens (tertiary/aromatic N) is 1. The highest BCUT2D eigenvalue weighted by atomic mass is 16.2. The number of amides is 2. The summed E-state index contributed by atoms with van der Waals surface area (Å²) in [6, 6.07) is 8.47. The minimum Gasteiger partial charge on any atom is -0.349 e. The molecule has 1 unspecified atom stereocenters. The molecule has 0 aliphatic heterocycles. The highest BCUT2D eigenvalue weighted by Gasteiger charge is 2.34. The van der Waals surface area contributed by atoms with Gasteiger partial charge in [0.2, 0.25) is 5.91 Å². The van der Waals surface area contributed by atoms with Crippen LogP contribution in [0.15, 0.2) is 24.3 Å². The molecule has 1 N–H and O–H groups in total. The van der Waals surface area contributed by atoms with Crippen LogP contribution in [0, 0.1) is 5.92 Å². The Hall–Kier alpha value is -1.84. The molecule has 1 aromatic carbocycles. The molecule has 4 nitrogen and oxygen atoms in total. The van der Waals surface area contributed by atoms with Crippen molar-refractivity contribution in [3.8, 4) is 0 Å². The number of benzene rings is 1. The molecule has 3 rings (SSSR count). The van der Waals surface area contributed by atoms with Gasteiger partial charge in [0.25, 0.3) is 5.91 Å². The maximum absolute atomic E-state index is 12.5. The van der Waals surface area contributed by atoms with E-state index in [-0.39, 0.29) is 17.7 Å². The molecule has 2 saturated carbocycles. The lowest BCUT2D eigenvalue weighted by Gasteiger charge is -2.25. The first-order valence-electron chi connectivity index (χ1n) is 8.78. The van der Waals surface area contributed by atoms with E-state index >= 15 is 0 Å². The van der Waals surface area contributed by atoms with E-state index in [0.717, 1.165) is 37.7 Å². The third-order valence-corrected chi connectivity index (χ3v) is 4.79. The number of hydrogen-bond donors (Lipinski definition) is 1. The zero-order valence-corrected chi connectivity index (χ0v) is 14.0. The Balaban J connectivity index is 1.63. The van der Waals surface area contributed by atoms with Gasteiger partial charge in [-0.15, -0.1) is 0 Å². The Morgan fingerprint density at radius 3 is 2.35 bits per heavy atom. The van der Waals surface area contributed by atoms with Gasteiger partial charge in [-0.2, -0.15) is 0 Å². The van der Waals surface area contributed by atoms with Crippen LogP contribution >= 0.6 is 0 Å². The summed E-state index contributed by atoms with van der Waals surface area (Å²) in [7, 11) is 0. The normalized spacial score (nSPS) is 18.3. The Morgan fingerprint density at radius 1 is 1.17 bits per heavy atom. The first-order chi connectivity index (χ1) is 11.1. The van der Waals surface area contributed by atoms with Gasteiger partial charge in [-0.1, -0.05) is 26.0 Å². The monoisotopic (exact) mass is 314 g/mol. The predicted molar refractivity (Wildman–Crippen MR) is 90.0 cm³/mol. The second-order valence-corrected chi connectivity index (χ2v) is 6.95. The lowest BCUT2D eigenvalue weighted by atomic mass is 10.1. The van der Waals surface area contributed by atoms with Crippen molar-refractivity contribution in [2.75, 3.05) is 0 Å². The molecule has 0 aromatic heterocycles. The van der Waals surface area contributed by atoms with Crippen molar-refractivity contribution in [2.45, 2.75) is 64.6 Å². The van der Waals surface area contributed by atoms with Crippen molar-refractivity contribution >= 4 is 11.8 Å².